The molecule has 4 heterocycles. The van der Waals surface area contributed by atoms with Gasteiger partial charge in [0.15, 0.2) is 5.65 Å². The monoisotopic (exact) mass is 462 g/mol. The van der Waals surface area contributed by atoms with Crippen LogP contribution in [0, 0.1) is 12.8 Å². The van der Waals surface area contributed by atoms with Crippen molar-refractivity contribution in [3.63, 3.8) is 0 Å². The van der Waals surface area contributed by atoms with Crippen LogP contribution in [0.5, 0.6) is 0 Å². The highest BCUT2D eigenvalue weighted by atomic mass is 19.2. The zero-order valence-corrected chi connectivity index (χ0v) is 18.9. The number of aromatic nitrogens is 3. The molecule has 2 aromatic heterocycles. The number of carbonyl (C=O) groups excluding carboxylic acids is 1. The molecule has 6 atom stereocenters. The van der Waals surface area contributed by atoms with Crippen LogP contribution in [0.1, 0.15) is 55.8 Å². The first-order chi connectivity index (χ1) is 15.8. The number of nitrogens with two attached hydrogens (primary N) is 1. The summed E-state index contributed by atoms with van der Waals surface area (Å²) in [5.41, 5.74) is 8.45. The van der Waals surface area contributed by atoms with Crippen LogP contribution in [-0.2, 0) is 4.79 Å². The lowest BCUT2D eigenvalue weighted by Gasteiger charge is -2.40. The number of hydrogen-bond acceptors (Lipinski definition) is 6. The average molecular weight is 463 g/mol. The number of alkyl halides is 2. The van der Waals surface area contributed by atoms with Crippen molar-refractivity contribution in [2.24, 2.45) is 11.7 Å². The van der Waals surface area contributed by atoms with Gasteiger partial charge in [-0.2, -0.15) is 5.10 Å². The van der Waals surface area contributed by atoms with Gasteiger partial charge in [0.1, 0.15) is 18.2 Å². The van der Waals surface area contributed by atoms with E-state index in [-0.39, 0.29) is 24.9 Å². The van der Waals surface area contributed by atoms with Crippen molar-refractivity contribution in [2.75, 3.05) is 24.5 Å². The molecule has 0 radical (unpaired) electrons. The molecule has 1 saturated carbocycles. The van der Waals surface area contributed by atoms with Gasteiger partial charge in [0.25, 0.3) is 0 Å². The molecule has 1 amide bonds. The topological polar surface area (TPSA) is 100.0 Å². The molecular formula is C23H32F2N6O2. The second kappa shape index (κ2) is 8.79. The molecule has 0 aromatic carbocycles. The van der Waals surface area contributed by atoms with Gasteiger partial charge in [0.2, 0.25) is 5.91 Å². The van der Waals surface area contributed by atoms with E-state index in [1.165, 1.54) is 0 Å². The summed E-state index contributed by atoms with van der Waals surface area (Å²) in [6.45, 7) is 4.09. The fraction of sp³-hybridized carbons (Fsp3) is 0.696. The van der Waals surface area contributed by atoms with Crippen LogP contribution in [0.2, 0.25) is 0 Å². The lowest BCUT2D eigenvalue weighted by Crippen LogP contribution is -2.49. The van der Waals surface area contributed by atoms with E-state index in [9.17, 15) is 18.7 Å². The van der Waals surface area contributed by atoms with E-state index >= 15 is 0 Å². The molecule has 2 aromatic rings. The van der Waals surface area contributed by atoms with Gasteiger partial charge in [-0.25, -0.2) is 18.3 Å². The van der Waals surface area contributed by atoms with E-state index in [4.69, 9.17) is 15.8 Å². The summed E-state index contributed by atoms with van der Waals surface area (Å²) in [6, 6.07) is 1.71. The number of carbonyl (C=O) groups is 1. The van der Waals surface area contributed by atoms with Crippen LogP contribution in [0.25, 0.3) is 5.65 Å². The van der Waals surface area contributed by atoms with Crippen LogP contribution in [0.3, 0.4) is 0 Å². The summed E-state index contributed by atoms with van der Waals surface area (Å²) >= 11 is 0. The maximum Gasteiger partial charge on any atom is 0.229 e. The highest BCUT2D eigenvalue weighted by Crippen LogP contribution is 2.37. The summed E-state index contributed by atoms with van der Waals surface area (Å²) in [5.74, 6) is -0.696. The number of piperidine rings is 1. The Morgan fingerprint density at radius 3 is 2.79 bits per heavy atom. The van der Waals surface area contributed by atoms with E-state index in [0.717, 1.165) is 43.7 Å². The maximum absolute atomic E-state index is 14.6. The average Bonchev–Trinajstić information content (AvgIpc) is 3.40. The van der Waals surface area contributed by atoms with Crippen LogP contribution >= 0.6 is 0 Å². The minimum Gasteiger partial charge on any atom is -0.393 e. The fourth-order valence-corrected chi connectivity index (χ4v) is 5.60. The highest BCUT2D eigenvalue weighted by Gasteiger charge is 2.45. The number of rotatable bonds is 3. The molecule has 5 rings (SSSR count). The summed E-state index contributed by atoms with van der Waals surface area (Å²) < 4.78 is 30.4. The summed E-state index contributed by atoms with van der Waals surface area (Å²) in [5, 5.41) is 14.6. The first-order valence-electron chi connectivity index (χ1n) is 12.0. The molecule has 2 saturated heterocycles. The van der Waals surface area contributed by atoms with Crippen LogP contribution in [0.4, 0.5) is 14.6 Å². The van der Waals surface area contributed by atoms with Crippen LogP contribution in [0.15, 0.2) is 12.3 Å². The molecule has 3 fully saturated rings. The molecule has 0 bridgehead atoms. The standard InChI is InChI=1S/C23H32F2N6O2/c1-13-11-31-20(27-22(13)29-7-5-14(26)12-29)10-18(28-31)19-4-2-3-6-30(19)23(33)16-8-15(32)9-17(24)21(16)25/h10-11,14-17,19,21,32H,2-9,12,26H2,1H3/t14-,15?,16?,17?,19-,21?/m0/s1. The molecule has 0 spiro atoms. The maximum atomic E-state index is 14.6. The van der Waals surface area contributed by atoms with Crippen molar-refractivity contribution in [1.82, 2.24) is 19.5 Å². The number of aliphatic hydroxyl groups is 1. The van der Waals surface area contributed by atoms with Gasteiger partial charge in [-0.1, -0.05) is 0 Å². The second-order valence-corrected chi connectivity index (χ2v) is 9.85. The third kappa shape index (κ3) is 4.19. The Morgan fingerprint density at radius 2 is 2.03 bits per heavy atom. The molecule has 10 heteroatoms. The van der Waals surface area contributed by atoms with Gasteiger partial charge in [0, 0.05) is 49.9 Å². The van der Waals surface area contributed by atoms with E-state index in [0.29, 0.717) is 24.3 Å². The second-order valence-electron chi connectivity index (χ2n) is 9.85. The lowest BCUT2D eigenvalue weighted by atomic mass is 9.82. The van der Waals surface area contributed by atoms with Gasteiger partial charge in [-0.3, -0.25) is 4.79 Å². The van der Waals surface area contributed by atoms with Gasteiger partial charge in [0.05, 0.1) is 23.8 Å². The summed E-state index contributed by atoms with van der Waals surface area (Å²) in [6.07, 6.45) is 0.295. The molecule has 1 aliphatic carbocycles. The molecule has 3 aliphatic rings. The number of aliphatic hydroxyl groups excluding tert-OH is 1. The fourth-order valence-electron chi connectivity index (χ4n) is 5.60. The number of aryl methyl sites for hydroxylation is 1. The Balaban J connectivity index is 1.43. The SMILES string of the molecule is Cc1cn2nc([C@@H]3CCCCN3C(=O)C3CC(O)CC(F)C3F)cc2nc1N1CC[C@H](N)C1. The summed E-state index contributed by atoms with van der Waals surface area (Å²) in [7, 11) is 0. The molecule has 3 N–H and O–H groups in total. The predicted octanol–water partition coefficient (Wildman–Crippen LogP) is 2.08. The molecule has 2 aliphatic heterocycles. The number of nitrogens with zero attached hydrogens (tertiary/aromatic N) is 5. The number of halogens is 2. The van der Waals surface area contributed by atoms with Crippen molar-refractivity contribution >= 4 is 17.4 Å². The zero-order chi connectivity index (χ0) is 23.3. The highest BCUT2D eigenvalue weighted by molar-refractivity contribution is 5.80. The molecule has 4 unspecified atom stereocenters. The Hall–Kier alpha value is -2.33. The molecule has 180 valence electrons. The first-order valence-corrected chi connectivity index (χ1v) is 12.0. The third-order valence-electron chi connectivity index (χ3n) is 7.35. The van der Waals surface area contributed by atoms with E-state index in [2.05, 4.69) is 4.90 Å². The van der Waals surface area contributed by atoms with Crippen molar-refractivity contribution in [1.29, 1.82) is 0 Å². The number of likely N-dealkylation sites (tertiary alicyclic amines) is 1. The van der Waals surface area contributed by atoms with Gasteiger partial charge in [-0.15, -0.1) is 0 Å². The van der Waals surface area contributed by atoms with Crippen molar-refractivity contribution in [2.45, 2.75) is 76.0 Å². The lowest BCUT2D eigenvalue weighted by molar-refractivity contribution is -0.147. The first kappa shape index (κ1) is 22.5. The molecular weight excluding hydrogens is 430 g/mol. The van der Waals surface area contributed by atoms with Gasteiger partial charge < -0.3 is 20.6 Å². The largest absolute Gasteiger partial charge is 0.393 e. The minimum absolute atomic E-state index is 0.0448. The molecule has 8 nitrogen and oxygen atoms in total. The van der Waals surface area contributed by atoms with Crippen molar-refractivity contribution < 1.29 is 18.7 Å². The van der Waals surface area contributed by atoms with Gasteiger partial charge in [-0.05, 0) is 39.0 Å². The van der Waals surface area contributed by atoms with E-state index < -0.39 is 30.3 Å². The van der Waals surface area contributed by atoms with Crippen molar-refractivity contribution in [3.8, 4) is 0 Å². The Kier molecular flexibility index (Phi) is 5.98. The smallest absolute Gasteiger partial charge is 0.229 e. The number of anilines is 1. The Bertz CT molecular complexity index is 1030. The summed E-state index contributed by atoms with van der Waals surface area (Å²) in [4.78, 5) is 22.0. The van der Waals surface area contributed by atoms with Crippen LogP contribution < -0.4 is 10.6 Å². The Morgan fingerprint density at radius 1 is 1.21 bits per heavy atom. The number of amides is 1. The Labute approximate surface area is 191 Å². The minimum atomic E-state index is -1.89. The predicted molar refractivity (Wildman–Crippen MR) is 119 cm³/mol. The number of fused-ring (bicyclic) bond motifs is 1. The molecule has 33 heavy (non-hydrogen) atoms. The normalized spacial score (nSPS) is 33.1. The van der Waals surface area contributed by atoms with E-state index in [1.54, 1.807) is 9.42 Å². The van der Waals surface area contributed by atoms with Gasteiger partial charge >= 0.3 is 0 Å². The number of hydrogen-bond donors (Lipinski definition) is 2. The van der Waals surface area contributed by atoms with Crippen molar-refractivity contribution in [3.05, 3.63) is 23.5 Å². The zero-order valence-electron chi connectivity index (χ0n) is 18.9. The van der Waals surface area contributed by atoms with E-state index in [1.807, 2.05) is 19.2 Å². The third-order valence-corrected chi connectivity index (χ3v) is 7.35. The quantitative estimate of drug-likeness (QED) is 0.725. The van der Waals surface area contributed by atoms with Crippen LogP contribution in [-0.4, -0.2) is 74.6 Å².